The minimum Gasteiger partial charge on any atom is -0.476 e. The first-order valence-electron chi connectivity index (χ1n) is 4.95. The summed E-state index contributed by atoms with van der Waals surface area (Å²) in [6.07, 6.45) is -0.412. The molecular weight excluding hydrogens is 276 g/mol. The second-order valence-electron chi connectivity index (χ2n) is 3.32. The van der Waals surface area contributed by atoms with E-state index in [4.69, 9.17) is 26.6 Å². The fraction of sp³-hybridized carbons (Fsp3) is 0.273. The lowest BCUT2D eigenvalue weighted by molar-refractivity contribution is 0.0641. The zero-order chi connectivity index (χ0) is 14.6. The van der Waals surface area contributed by atoms with Crippen LogP contribution in [0.25, 0.3) is 0 Å². The molecular formula is C11H9ClN2O5. The molecule has 1 unspecified atom stereocenters. The van der Waals surface area contributed by atoms with Crippen molar-refractivity contribution in [2.45, 2.75) is 13.0 Å². The topological polar surface area (TPSA) is 110 Å². The molecule has 0 aliphatic rings. The van der Waals surface area contributed by atoms with Crippen molar-refractivity contribution in [1.29, 1.82) is 0 Å². The molecule has 7 nitrogen and oxygen atoms in total. The second-order valence-corrected chi connectivity index (χ2v) is 3.68. The van der Waals surface area contributed by atoms with E-state index in [2.05, 4.69) is 21.8 Å². The van der Waals surface area contributed by atoms with E-state index in [0.717, 1.165) is 0 Å². The van der Waals surface area contributed by atoms with Gasteiger partial charge in [-0.05, 0) is 12.8 Å². The molecule has 0 aliphatic heterocycles. The molecule has 1 atom stereocenters. The average Bonchev–Trinajstić information content (AvgIpc) is 2.35. The molecule has 0 spiro atoms. The van der Waals surface area contributed by atoms with Gasteiger partial charge in [0, 0.05) is 7.11 Å². The Labute approximate surface area is 113 Å². The molecule has 0 aromatic carbocycles. The molecule has 1 aromatic heterocycles. The average molecular weight is 285 g/mol. The molecule has 0 bridgehead atoms. The standard InChI is InChI=1S/C11H9ClN2O5/c1-5(19-2)3-4-6-9(12)14-8(11(17)18)7(13-6)10(15)16/h5H,1-2H3,(H,15,16)(H,17,18). The second kappa shape index (κ2) is 6.13. The zero-order valence-electron chi connectivity index (χ0n) is 9.97. The van der Waals surface area contributed by atoms with E-state index in [1.165, 1.54) is 7.11 Å². The molecule has 0 radical (unpaired) electrons. The van der Waals surface area contributed by atoms with Crippen LogP contribution in [0, 0.1) is 11.8 Å². The predicted octanol–water partition coefficient (Wildman–Crippen LogP) is 0.913. The van der Waals surface area contributed by atoms with Gasteiger partial charge in [0.1, 0.15) is 6.10 Å². The van der Waals surface area contributed by atoms with Crippen molar-refractivity contribution >= 4 is 23.5 Å². The highest BCUT2D eigenvalue weighted by atomic mass is 35.5. The maximum absolute atomic E-state index is 10.9. The van der Waals surface area contributed by atoms with Crippen molar-refractivity contribution in [3.8, 4) is 11.8 Å². The van der Waals surface area contributed by atoms with Gasteiger partial charge < -0.3 is 14.9 Å². The molecule has 100 valence electrons. The number of carboxylic acid groups (broad SMARTS) is 2. The van der Waals surface area contributed by atoms with Crippen molar-refractivity contribution in [1.82, 2.24) is 9.97 Å². The molecule has 0 fully saturated rings. The summed E-state index contributed by atoms with van der Waals surface area (Å²) in [7, 11) is 1.45. The first kappa shape index (κ1) is 14.9. The molecule has 19 heavy (non-hydrogen) atoms. The van der Waals surface area contributed by atoms with E-state index >= 15 is 0 Å². The third kappa shape index (κ3) is 3.64. The Morgan fingerprint density at radius 1 is 1.26 bits per heavy atom. The van der Waals surface area contributed by atoms with Gasteiger partial charge >= 0.3 is 11.9 Å². The van der Waals surface area contributed by atoms with Crippen molar-refractivity contribution in [3.63, 3.8) is 0 Å². The van der Waals surface area contributed by atoms with Gasteiger partial charge in [0.25, 0.3) is 0 Å². The van der Waals surface area contributed by atoms with E-state index in [9.17, 15) is 9.59 Å². The molecule has 0 amide bonds. The smallest absolute Gasteiger partial charge is 0.357 e. The normalized spacial score (nSPS) is 11.3. The number of ether oxygens (including phenoxy) is 1. The van der Waals surface area contributed by atoms with Gasteiger partial charge in [-0.15, -0.1) is 0 Å². The van der Waals surface area contributed by atoms with E-state index in [0.29, 0.717) is 0 Å². The van der Waals surface area contributed by atoms with Crippen molar-refractivity contribution in [2.75, 3.05) is 7.11 Å². The number of aromatic carboxylic acids is 2. The summed E-state index contributed by atoms with van der Waals surface area (Å²) in [5.74, 6) is 2.04. The van der Waals surface area contributed by atoms with Crippen LogP contribution in [0.1, 0.15) is 33.6 Å². The van der Waals surface area contributed by atoms with Crippen LogP contribution in [-0.4, -0.2) is 45.3 Å². The highest BCUT2D eigenvalue weighted by Gasteiger charge is 2.22. The van der Waals surface area contributed by atoms with E-state index < -0.39 is 29.4 Å². The molecule has 0 aliphatic carbocycles. The lowest BCUT2D eigenvalue weighted by Crippen LogP contribution is -2.14. The third-order valence-electron chi connectivity index (χ3n) is 2.01. The quantitative estimate of drug-likeness (QED) is 0.794. The number of rotatable bonds is 3. The molecule has 1 aromatic rings. The molecule has 1 rings (SSSR count). The van der Waals surface area contributed by atoms with Crippen LogP contribution in [0.2, 0.25) is 5.15 Å². The number of carbonyl (C=O) groups is 2. The maximum atomic E-state index is 10.9. The summed E-state index contributed by atoms with van der Waals surface area (Å²) in [5.41, 5.74) is -1.57. The van der Waals surface area contributed by atoms with Crippen molar-refractivity contribution < 1.29 is 24.5 Å². The molecule has 0 saturated heterocycles. The fourth-order valence-corrected chi connectivity index (χ4v) is 1.20. The Morgan fingerprint density at radius 2 is 1.79 bits per heavy atom. The minimum absolute atomic E-state index is 0.118. The lowest BCUT2D eigenvalue weighted by atomic mass is 10.2. The maximum Gasteiger partial charge on any atom is 0.357 e. The number of carboxylic acids is 2. The predicted molar refractivity (Wildman–Crippen MR) is 64.3 cm³/mol. The summed E-state index contributed by atoms with van der Waals surface area (Å²) in [5, 5.41) is 17.4. The van der Waals surface area contributed by atoms with Crippen LogP contribution in [0.3, 0.4) is 0 Å². The van der Waals surface area contributed by atoms with Crippen LogP contribution in [0.4, 0.5) is 0 Å². The first-order chi connectivity index (χ1) is 8.86. The highest BCUT2D eigenvalue weighted by molar-refractivity contribution is 6.30. The molecule has 0 saturated carbocycles. The van der Waals surface area contributed by atoms with Gasteiger partial charge in [-0.2, -0.15) is 0 Å². The summed E-state index contributed by atoms with van der Waals surface area (Å²) < 4.78 is 4.88. The van der Waals surface area contributed by atoms with Crippen LogP contribution in [0.5, 0.6) is 0 Å². The largest absolute Gasteiger partial charge is 0.476 e. The Bertz CT molecular complexity index is 591. The number of nitrogens with zero attached hydrogens (tertiary/aromatic N) is 2. The summed E-state index contributed by atoms with van der Waals surface area (Å²) >= 11 is 5.70. The van der Waals surface area contributed by atoms with Gasteiger partial charge in [0.2, 0.25) is 0 Å². The Kier molecular flexibility index (Phi) is 4.80. The summed E-state index contributed by atoms with van der Waals surface area (Å²) in [6.45, 7) is 1.66. The van der Waals surface area contributed by atoms with Crippen LogP contribution in [0.15, 0.2) is 0 Å². The molecule has 1 heterocycles. The minimum atomic E-state index is -1.53. The highest BCUT2D eigenvalue weighted by Crippen LogP contribution is 2.14. The third-order valence-corrected chi connectivity index (χ3v) is 2.27. The fourth-order valence-electron chi connectivity index (χ4n) is 1.02. The van der Waals surface area contributed by atoms with Crippen molar-refractivity contribution in [2.24, 2.45) is 0 Å². The van der Waals surface area contributed by atoms with Crippen LogP contribution < -0.4 is 0 Å². The van der Waals surface area contributed by atoms with E-state index in [1.807, 2.05) is 0 Å². The van der Waals surface area contributed by atoms with Gasteiger partial charge in [-0.3, -0.25) is 0 Å². The molecule has 8 heteroatoms. The summed E-state index contributed by atoms with van der Waals surface area (Å²) in [4.78, 5) is 28.8. The van der Waals surface area contributed by atoms with Gasteiger partial charge in [0.15, 0.2) is 22.2 Å². The number of aromatic nitrogens is 2. The van der Waals surface area contributed by atoms with Gasteiger partial charge in [0.05, 0.1) is 0 Å². The molecule has 2 N–H and O–H groups in total. The number of hydrogen-bond donors (Lipinski definition) is 2. The van der Waals surface area contributed by atoms with Crippen LogP contribution >= 0.6 is 11.6 Å². The first-order valence-corrected chi connectivity index (χ1v) is 5.33. The zero-order valence-corrected chi connectivity index (χ0v) is 10.7. The van der Waals surface area contributed by atoms with E-state index in [-0.39, 0.29) is 10.8 Å². The van der Waals surface area contributed by atoms with E-state index in [1.54, 1.807) is 6.92 Å². The van der Waals surface area contributed by atoms with Gasteiger partial charge in [-0.25, -0.2) is 19.6 Å². The monoisotopic (exact) mass is 284 g/mol. The number of methoxy groups -OCH3 is 1. The van der Waals surface area contributed by atoms with Gasteiger partial charge in [-0.1, -0.05) is 17.5 Å². The Hall–Kier alpha value is -2.17. The number of halogens is 1. The number of hydrogen-bond acceptors (Lipinski definition) is 5. The van der Waals surface area contributed by atoms with Crippen molar-refractivity contribution in [3.05, 3.63) is 22.2 Å². The Balaban J connectivity index is 3.35. The summed E-state index contributed by atoms with van der Waals surface area (Å²) in [6, 6.07) is 0. The lowest BCUT2D eigenvalue weighted by Gasteiger charge is -2.03. The van der Waals surface area contributed by atoms with Crippen LogP contribution in [-0.2, 0) is 4.74 Å². The Morgan fingerprint density at radius 3 is 2.26 bits per heavy atom. The SMILES string of the molecule is COC(C)C#Cc1nc(C(=O)O)c(C(=O)O)nc1Cl.